The molecule has 2 heterocycles. The molecule has 136 valence electrons. The van der Waals surface area contributed by atoms with Crippen LogP contribution in [0.4, 0.5) is 5.69 Å². The number of aromatic nitrogens is 2. The summed E-state index contributed by atoms with van der Waals surface area (Å²) in [6.45, 7) is 0. The van der Waals surface area contributed by atoms with Crippen molar-refractivity contribution >= 4 is 27.9 Å². The van der Waals surface area contributed by atoms with Gasteiger partial charge in [-0.1, -0.05) is 6.07 Å². The Morgan fingerprint density at radius 2 is 1.85 bits per heavy atom. The summed E-state index contributed by atoms with van der Waals surface area (Å²) in [6.07, 6.45) is 1.87. The molecule has 4 rings (SSSR count). The van der Waals surface area contributed by atoms with Crippen molar-refractivity contribution in [2.75, 3.05) is 19.5 Å². The van der Waals surface area contributed by atoms with Crippen LogP contribution in [0.1, 0.15) is 10.5 Å². The fraction of sp³-hybridized carbons (Fsp3) is 0.100. The van der Waals surface area contributed by atoms with E-state index in [1.54, 1.807) is 30.1 Å². The predicted molar refractivity (Wildman–Crippen MR) is 106 cm³/mol. The summed E-state index contributed by atoms with van der Waals surface area (Å²) in [4.78, 5) is 18.1. The number of carbonyl (C=O) groups is 1. The van der Waals surface area contributed by atoms with E-state index in [4.69, 9.17) is 9.47 Å². The lowest BCUT2D eigenvalue weighted by Crippen LogP contribution is -2.13. The Bertz CT molecular complexity index is 1100. The molecular formula is C20H17N3O3S. The first-order valence-corrected chi connectivity index (χ1v) is 9.12. The molecule has 0 bridgehead atoms. The number of methoxy groups -OCH3 is 2. The molecule has 1 amide bonds. The molecule has 0 saturated heterocycles. The predicted octanol–water partition coefficient (Wildman–Crippen LogP) is 4.33. The SMILES string of the molecule is COc1ccc(-c2cn3c(C(=O)Nc4cccc(OC)c4)csc3n2)cc1. The van der Waals surface area contributed by atoms with Gasteiger partial charge in [0.25, 0.3) is 5.91 Å². The second-order valence-electron chi connectivity index (χ2n) is 5.81. The number of nitrogens with one attached hydrogen (secondary N) is 1. The quantitative estimate of drug-likeness (QED) is 0.560. The monoisotopic (exact) mass is 379 g/mol. The van der Waals surface area contributed by atoms with E-state index in [-0.39, 0.29) is 5.91 Å². The molecule has 27 heavy (non-hydrogen) atoms. The molecule has 0 aliphatic carbocycles. The molecule has 0 atom stereocenters. The number of ether oxygens (including phenoxy) is 2. The molecule has 0 radical (unpaired) electrons. The second kappa shape index (κ2) is 7.13. The summed E-state index contributed by atoms with van der Waals surface area (Å²) in [5.74, 6) is 1.28. The van der Waals surface area contributed by atoms with E-state index in [0.717, 1.165) is 22.0 Å². The standard InChI is InChI=1S/C20H17N3O3S/c1-25-15-8-6-13(7-9-15)17-11-23-18(12-27-20(23)22-17)19(24)21-14-4-3-5-16(10-14)26-2/h3-12H,1-2H3,(H,21,24). The number of fused-ring (bicyclic) bond motifs is 1. The molecule has 4 aromatic rings. The van der Waals surface area contributed by atoms with E-state index in [9.17, 15) is 4.79 Å². The maximum Gasteiger partial charge on any atom is 0.273 e. The van der Waals surface area contributed by atoms with Crippen LogP contribution < -0.4 is 14.8 Å². The van der Waals surface area contributed by atoms with Crippen molar-refractivity contribution in [2.24, 2.45) is 0 Å². The molecule has 0 aliphatic rings. The van der Waals surface area contributed by atoms with Crippen LogP contribution in [0.5, 0.6) is 11.5 Å². The van der Waals surface area contributed by atoms with Gasteiger partial charge in [0.1, 0.15) is 17.2 Å². The first-order valence-electron chi connectivity index (χ1n) is 8.24. The van der Waals surface area contributed by atoms with E-state index in [1.807, 2.05) is 48.7 Å². The van der Waals surface area contributed by atoms with E-state index >= 15 is 0 Å². The zero-order chi connectivity index (χ0) is 18.8. The fourth-order valence-corrected chi connectivity index (χ4v) is 3.60. The van der Waals surface area contributed by atoms with Crippen LogP contribution in [0.25, 0.3) is 16.2 Å². The molecule has 0 fully saturated rings. The van der Waals surface area contributed by atoms with Crippen molar-refractivity contribution < 1.29 is 14.3 Å². The van der Waals surface area contributed by atoms with Crippen LogP contribution in [-0.2, 0) is 0 Å². The molecule has 0 unspecified atom stereocenters. The third-order valence-electron chi connectivity index (χ3n) is 4.16. The van der Waals surface area contributed by atoms with Crippen LogP contribution >= 0.6 is 11.3 Å². The Morgan fingerprint density at radius 1 is 1.07 bits per heavy atom. The summed E-state index contributed by atoms with van der Waals surface area (Å²) in [7, 11) is 3.23. The Labute approximate surface area is 160 Å². The molecule has 0 spiro atoms. The highest BCUT2D eigenvalue weighted by Gasteiger charge is 2.15. The largest absolute Gasteiger partial charge is 0.497 e. The number of hydrogen-bond donors (Lipinski definition) is 1. The van der Waals surface area contributed by atoms with Gasteiger partial charge in [0.2, 0.25) is 0 Å². The normalized spacial score (nSPS) is 10.7. The summed E-state index contributed by atoms with van der Waals surface area (Å²) >= 11 is 1.43. The zero-order valence-corrected chi connectivity index (χ0v) is 15.6. The summed E-state index contributed by atoms with van der Waals surface area (Å²) in [5, 5.41) is 4.70. The van der Waals surface area contributed by atoms with Crippen LogP contribution in [0.15, 0.2) is 60.1 Å². The maximum atomic E-state index is 12.7. The first-order chi connectivity index (χ1) is 13.2. The third-order valence-corrected chi connectivity index (χ3v) is 5.00. The maximum absolute atomic E-state index is 12.7. The number of imidazole rings is 1. The zero-order valence-electron chi connectivity index (χ0n) is 14.8. The number of hydrogen-bond acceptors (Lipinski definition) is 5. The molecule has 7 heteroatoms. The number of amides is 1. The summed E-state index contributed by atoms with van der Waals surface area (Å²) < 4.78 is 12.2. The van der Waals surface area contributed by atoms with Crippen molar-refractivity contribution in [3.05, 3.63) is 65.8 Å². The van der Waals surface area contributed by atoms with Crippen molar-refractivity contribution in [1.29, 1.82) is 0 Å². The Balaban J connectivity index is 1.62. The molecule has 6 nitrogen and oxygen atoms in total. The van der Waals surface area contributed by atoms with Gasteiger partial charge >= 0.3 is 0 Å². The van der Waals surface area contributed by atoms with E-state index in [0.29, 0.717) is 17.1 Å². The average molecular weight is 379 g/mol. The highest BCUT2D eigenvalue weighted by atomic mass is 32.1. The van der Waals surface area contributed by atoms with Crippen LogP contribution in [0, 0.1) is 0 Å². The molecule has 0 aliphatic heterocycles. The molecule has 2 aromatic heterocycles. The van der Waals surface area contributed by atoms with Crippen LogP contribution in [0.3, 0.4) is 0 Å². The number of thiazole rings is 1. The molecule has 1 N–H and O–H groups in total. The second-order valence-corrected chi connectivity index (χ2v) is 6.65. The molecule has 2 aromatic carbocycles. The first kappa shape index (κ1) is 17.1. The lowest BCUT2D eigenvalue weighted by atomic mass is 10.2. The van der Waals surface area contributed by atoms with Gasteiger partial charge in [0.05, 0.1) is 19.9 Å². The van der Waals surface area contributed by atoms with Gasteiger partial charge in [0.15, 0.2) is 4.96 Å². The van der Waals surface area contributed by atoms with Crippen molar-refractivity contribution in [1.82, 2.24) is 9.38 Å². The van der Waals surface area contributed by atoms with Gasteiger partial charge in [-0.2, -0.15) is 0 Å². The Hall–Kier alpha value is -3.32. The topological polar surface area (TPSA) is 64.9 Å². The fourth-order valence-electron chi connectivity index (χ4n) is 2.74. The minimum Gasteiger partial charge on any atom is -0.497 e. The number of rotatable bonds is 5. The van der Waals surface area contributed by atoms with Crippen LogP contribution in [-0.4, -0.2) is 29.5 Å². The van der Waals surface area contributed by atoms with E-state index in [2.05, 4.69) is 10.3 Å². The smallest absolute Gasteiger partial charge is 0.273 e. The van der Waals surface area contributed by atoms with Crippen LogP contribution in [0.2, 0.25) is 0 Å². The Morgan fingerprint density at radius 3 is 2.59 bits per heavy atom. The van der Waals surface area contributed by atoms with Crippen molar-refractivity contribution in [3.63, 3.8) is 0 Å². The molecule has 0 saturated carbocycles. The van der Waals surface area contributed by atoms with E-state index < -0.39 is 0 Å². The van der Waals surface area contributed by atoms with Gasteiger partial charge in [-0.3, -0.25) is 9.20 Å². The van der Waals surface area contributed by atoms with E-state index in [1.165, 1.54) is 11.3 Å². The van der Waals surface area contributed by atoms with Gasteiger partial charge in [0, 0.05) is 28.9 Å². The minimum absolute atomic E-state index is 0.201. The van der Waals surface area contributed by atoms with Gasteiger partial charge < -0.3 is 14.8 Å². The number of carbonyl (C=O) groups excluding carboxylic acids is 1. The van der Waals surface area contributed by atoms with Crippen molar-refractivity contribution in [3.8, 4) is 22.8 Å². The number of anilines is 1. The highest BCUT2D eigenvalue weighted by molar-refractivity contribution is 7.15. The highest BCUT2D eigenvalue weighted by Crippen LogP contribution is 2.26. The van der Waals surface area contributed by atoms with Crippen molar-refractivity contribution in [2.45, 2.75) is 0 Å². The third kappa shape index (κ3) is 3.37. The Kier molecular flexibility index (Phi) is 4.52. The summed E-state index contributed by atoms with van der Waals surface area (Å²) in [6, 6.07) is 14.9. The lowest BCUT2D eigenvalue weighted by molar-refractivity contribution is 0.102. The van der Waals surface area contributed by atoms with Gasteiger partial charge in [-0.05, 0) is 36.4 Å². The van der Waals surface area contributed by atoms with Gasteiger partial charge in [-0.15, -0.1) is 11.3 Å². The summed E-state index contributed by atoms with van der Waals surface area (Å²) in [5.41, 5.74) is 2.98. The number of benzene rings is 2. The minimum atomic E-state index is -0.201. The average Bonchev–Trinajstić information content (AvgIpc) is 3.29. The molecular weight excluding hydrogens is 362 g/mol. The number of nitrogens with zero attached hydrogens (tertiary/aromatic N) is 2. The van der Waals surface area contributed by atoms with Gasteiger partial charge in [-0.25, -0.2) is 4.98 Å². The lowest BCUT2D eigenvalue weighted by Gasteiger charge is -2.06.